The maximum atomic E-state index is 12.1. The molecule has 3 rings (SSSR count). The van der Waals surface area contributed by atoms with Gasteiger partial charge in [0.1, 0.15) is 0 Å². The van der Waals surface area contributed by atoms with Crippen LogP contribution in [0, 0.1) is 5.92 Å². The van der Waals surface area contributed by atoms with Crippen molar-refractivity contribution in [3.63, 3.8) is 0 Å². The van der Waals surface area contributed by atoms with E-state index < -0.39 is 0 Å². The van der Waals surface area contributed by atoms with Gasteiger partial charge in [-0.2, -0.15) is 5.10 Å². The molecular formula is C14H17N3O. The van der Waals surface area contributed by atoms with Gasteiger partial charge in [-0.3, -0.25) is 9.89 Å². The van der Waals surface area contributed by atoms with Gasteiger partial charge in [-0.25, -0.2) is 0 Å². The van der Waals surface area contributed by atoms with E-state index in [-0.39, 0.29) is 5.91 Å². The number of hydrogen-bond acceptors (Lipinski definition) is 2. The summed E-state index contributed by atoms with van der Waals surface area (Å²) < 4.78 is 0. The van der Waals surface area contributed by atoms with Gasteiger partial charge in [0.25, 0.3) is 5.91 Å². The molecule has 1 aromatic carbocycles. The van der Waals surface area contributed by atoms with Crippen molar-refractivity contribution in [3.05, 3.63) is 30.0 Å². The van der Waals surface area contributed by atoms with E-state index in [0.29, 0.717) is 17.7 Å². The van der Waals surface area contributed by atoms with Crippen molar-refractivity contribution in [1.82, 2.24) is 15.5 Å². The Bertz CT molecular complexity index is 575. The van der Waals surface area contributed by atoms with Crippen LogP contribution < -0.4 is 5.32 Å². The van der Waals surface area contributed by atoms with Gasteiger partial charge < -0.3 is 5.32 Å². The molecule has 1 amide bonds. The fraction of sp³-hybridized carbons (Fsp3) is 0.429. The second-order valence-corrected chi connectivity index (χ2v) is 4.98. The summed E-state index contributed by atoms with van der Waals surface area (Å²) in [5, 5.41) is 11.0. The van der Waals surface area contributed by atoms with Gasteiger partial charge in [0.2, 0.25) is 0 Å². The predicted molar refractivity (Wildman–Crippen MR) is 70.4 cm³/mol. The zero-order valence-corrected chi connectivity index (χ0v) is 10.4. The second-order valence-electron chi connectivity index (χ2n) is 4.98. The lowest BCUT2D eigenvalue weighted by atomic mass is 10.2. The summed E-state index contributed by atoms with van der Waals surface area (Å²) in [6, 6.07) is 8.06. The number of amides is 1. The van der Waals surface area contributed by atoms with E-state index in [1.807, 2.05) is 24.3 Å². The van der Waals surface area contributed by atoms with Crippen LogP contribution in [0.3, 0.4) is 0 Å². The molecule has 18 heavy (non-hydrogen) atoms. The second kappa shape index (κ2) is 4.44. The van der Waals surface area contributed by atoms with Gasteiger partial charge in [0.05, 0.1) is 5.52 Å². The Morgan fingerprint density at radius 2 is 2.33 bits per heavy atom. The Hall–Kier alpha value is -1.84. The summed E-state index contributed by atoms with van der Waals surface area (Å²) >= 11 is 0. The summed E-state index contributed by atoms with van der Waals surface area (Å²) in [7, 11) is 0. The number of H-pyrrole nitrogens is 1. The molecule has 2 unspecified atom stereocenters. The van der Waals surface area contributed by atoms with E-state index >= 15 is 0 Å². The zero-order valence-electron chi connectivity index (χ0n) is 10.4. The molecule has 4 nitrogen and oxygen atoms in total. The van der Waals surface area contributed by atoms with E-state index in [0.717, 1.165) is 17.3 Å². The van der Waals surface area contributed by atoms with E-state index in [1.54, 1.807) is 0 Å². The van der Waals surface area contributed by atoms with E-state index in [4.69, 9.17) is 0 Å². The Balaban J connectivity index is 1.73. The minimum Gasteiger partial charge on any atom is -0.348 e. The number of benzene rings is 1. The standard InChI is InChI=1S/C14H17N3O/c1-2-5-9-8-12(9)15-14(18)13-10-6-3-4-7-11(10)16-17-13/h3-4,6-7,9,12H,2,5,8H2,1H3,(H,15,18)(H,16,17). The third-order valence-corrected chi connectivity index (χ3v) is 3.58. The van der Waals surface area contributed by atoms with E-state index in [2.05, 4.69) is 22.4 Å². The third kappa shape index (κ3) is 1.98. The van der Waals surface area contributed by atoms with Crippen LogP contribution in [0.2, 0.25) is 0 Å². The van der Waals surface area contributed by atoms with E-state index in [9.17, 15) is 4.79 Å². The molecule has 1 saturated carbocycles. The number of aromatic amines is 1. The first-order chi connectivity index (χ1) is 8.79. The molecular weight excluding hydrogens is 226 g/mol. The Kier molecular flexibility index (Phi) is 2.78. The van der Waals surface area contributed by atoms with Crippen molar-refractivity contribution >= 4 is 16.8 Å². The van der Waals surface area contributed by atoms with Gasteiger partial charge in [-0.05, 0) is 24.8 Å². The highest BCUT2D eigenvalue weighted by Gasteiger charge is 2.37. The first-order valence-corrected chi connectivity index (χ1v) is 6.53. The van der Waals surface area contributed by atoms with Crippen molar-refractivity contribution in [2.24, 2.45) is 5.92 Å². The molecule has 94 valence electrons. The first-order valence-electron chi connectivity index (χ1n) is 6.53. The van der Waals surface area contributed by atoms with Crippen molar-refractivity contribution in [2.45, 2.75) is 32.2 Å². The highest BCUT2D eigenvalue weighted by molar-refractivity contribution is 6.04. The highest BCUT2D eigenvalue weighted by atomic mass is 16.2. The number of aromatic nitrogens is 2. The van der Waals surface area contributed by atoms with Gasteiger partial charge >= 0.3 is 0 Å². The molecule has 0 spiro atoms. The summed E-state index contributed by atoms with van der Waals surface area (Å²) in [6.07, 6.45) is 3.50. The lowest BCUT2D eigenvalue weighted by molar-refractivity contribution is 0.0945. The molecule has 2 aromatic rings. The molecule has 2 atom stereocenters. The maximum Gasteiger partial charge on any atom is 0.272 e. The fourth-order valence-electron chi connectivity index (χ4n) is 2.49. The molecule has 1 fully saturated rings. The number of nitrogens with zero attached hydrogens (tertiary/aromatic N) is 1. The van der Waals surface area contributed by atoms with Gasteiger partial charge in [-0.15, -0.1) is 0 Å². The average Bonchev–Trinajstić information content (AvgIpc) is 2.95. The Morgan fingerprint density at radius 1 is 1.50 bits per heavy atom. The van der Waals surface area contributed by atoms with Crippen LogP contribution in [0.25, 0.3) is 10.9 Å². The van der Waals surface area contributed by atoms with Gasteiger partial charge in [0.15, 0.2) is 5.69 Å². The number of nitrogens with one attached hydrogen (secondary N) is 2. The van der Waals surface area contributed by atoms with Crippen LogP contribution in [0.4, 0.5) is 0 Å². The highest BCUT2D eigenvalue weighted by Crippen LogP contribution is 2.34. The SMILES string of the molecule is CCCC1CC1NC(=O)c1n[nH]c2ccccc12. The number of carbonyl (C=O) groups is 1. The molecule has 2 N–H and O–H groups in total. The number of carbonyl (C=O) groups excluding carboxylic acids is 1. The summed E-state index contributed by atoms with van der Waals surface area (Å²) in [5.74, 6) is 0.611. The third-order valence-electron chi connectivity index (χ3n) is 3.58. The Morgan fingerprint density at radius 3 is 3.17 bits per heavy atom. The van der Waals surface area contributed by atoms with Crippen LogP contribution >= 0.6 is 0 Å². The van der Waals surface area contributed by atoms with Gasteiger partial charge in [0, 0.05) is 11.4 Å². The van der Waals surface area contributed by atoms with Crippen LogP contribution in [-0.2, 0) is 0 Å². The maximum absolute atomic E-state index is 12.1. The fourth-order valence-corrected chi connectivity index (χ4v) is 2.49. The summed E-state index contributed by atoms with van der Waals surface area (Å²) in [4.78, 5) is 12.1. The quantitative estimate of drug-likeness (QED) is 0.866. The van der Waals surface area contributed by atoms with Crippen molar-refractivity contribution in [1.29, 1.82) is 0 Å². The molecule has 0 radical (unpaired) electrons. The zero-order chi connectivity index (χ0) is 12.5. The monoisotopic (exact) mass is 243 g/mol. The molecule has 0 saturated heterocycles. The lowest BCUT2D eigenvalue weighted by Crippen LogP contribution is -2.27. The Labute approximate surface area is 106 Å². The average molecular weight is 243 g/mol. The topological polar surface area (TPSA) is 57.8 Å². The normalized spacial score (nSPS) is 22.1. The van der Waals surface area contributed by atoms with Crippen LogP contribution in [0.15, 0.2) is 24.3 Å². The summed E-state index contributed by atoms with van der Waals surface area (Å²) in [5.41, 5.74) is 1.41. The molecule has 0 aliphatic heterocycles. The molecule has 1 aliphatic carbocycles. The minimum atomic E-state index is -0.0592. The van der Waals surface area contributed by atoms with Crippen LogP contribution in [0.1, 0.15) is 36.7 Å². The smallest absolute Gasteiger partial charge is 0.272 e. The minimum absolute atomic E-state index is 0.0592. The number of fused-ring (bicyclic) bond motifs is 1. The molecule has 1 aromatic heterocycles. The first kappa shape index (κ1) is 11.3. The predicted octanol–water partition coefficient (Wildman–Crippen LogP) is 2.48. The van der Waals surface area contributed by atoms with Crippen molar-refractivity contribution < 1.29 is 4.79 Å². The number of hydrogen-bond donors (Lipinski definition) is 2. The van der Waals surface area contributed by atoms with Crippen molar-refractivity contribution in [2.75, 3.05) is 0 Å². The van der Waals surface area contributed by atoms with E-state index in [1.165, 1.54) is 12.8 Å². The number of para-hydroxylation sites is 1. The lowest BCUT2D eigenvalue weighted by Gasteiger charge is -2.02. The summed E-state index contributed by atoms with van der Waals surface area (Å²) in [6.45, 7) is 2.18. The molecule has 1 heterocycles. The largest absolute Gasteiger partial charge is 0.348 e. The molecule has 4 heteroatoms. The molecule has 1 aliphatic rings. The molecule has 0 bridgehead atoms. The number of rotatable bonds is 4. The van der Waals surface area contributed by atoms with Crippen LogP contribution in [-0.4, -0.2) is 22.1 Å². The van der Waals surface area contributed by atoms with Crippen LogP contribution in [0.5, 0.6) is 0 Å². The van der Waals surface area contributed by atoms with Crippen molar-refractivity contribution in [3.8, 4) is 0 Å². The van der Waals surface area contributed by atoms with Gasteiger partial charge in [-0.1, -0.05) is 31.5 Å².